The molecule has 0 spiro atoms. The number of ether oxygens (including phenoxy) is 2. The first-order chi connectivity index (χ1) is 11.1. The molecule has 23 heavy (non-hydrogen) atoms. The van der Waals surface area contributed by atoms with Gasteiger partial charge in [0.25, 0.3) is 0 Å². The Bertz CT molecular complexity index is 473. The van der Waals surface area contributed by atoms with Crippen LogP contribution < -0.4 is 5.30 Å². The maximum absolute atomic E-state index is 5.67. The fourth-order valence-electron chi connectivity index (χ4n) is 4.39. The van der Waals surface area contributed by atoms with Crippen molar-refractivity contribution in [3.05, 3.63) is 30.3 Å². The van der Waals surface area contributed by atoms with Gasteiger partial charge < -0.3 is 0 Å². The Morgan fingerprint density at radius 2 is 1.22 bits per heavy atom. The van der Waals surface area contributed by atoms with Crippen LogP contribution in [0.25, 0.3) is 0 Å². The van der Waals surface area contributed by atoms with E-state index in [0.717, 1.165) is 52.6 Å². The average molecular weight is 338 g/mol. The monoisotopic (exact) mass is 338 g/mol. The zero-order chi connectivity index (χ0) is 16.3. The van der Waals surface area contributed by atoms with Crippen LogP contribution in [0.2, 0.25) is 0 Å². The minimum absolute atomic E-state index is 0.211. The number of hydrogen-bond donors (Lipinski definition) is 0. The molecule has 2 aliphatic rings. The topological polar surface area (TPSA) is 24.9 Å². The molecule has 2 fully saturated rings. The summed E-state index contributed by atoms with van der Waals surface area (Å²) < 4.78 is 16.9. The van der Waals surface area contributed by atoms with Crippen LogP contribution in [0.4, 0.5) is 0 Å². The van der Waals surface area contributed by atoms with E-state index >= 15 is 0 Å². The summed E-state index contributed by atoms with van der Waals surface area (Å²) in [5, 5.41) is 1.74. The zero-order valence-corrected chi connectivity index (χ0v) is 15.8. The van der Waals surface area contributed by atoms with Gasteiger partial charge in [0.1, 0.15) is 0 Å². The number of hydrogen-bond acceptors (Lipinski definition) is 4. The van der Waals surface area contributed by atoms with Crippen molar-refractivity contribution < 1.29 is 9.47 Å². The van der Waals surface area contributed by atoms with Gasteiger partial charge in [0.2, 0.25) is 0 Å². The van der Waals surface area contributed by atoms with Gasteiger partial charge in [-0.1, -0.05) is 0 Å². The third kappa shape index (κ3) is 3.20. The van der Waals surface area contributed by atoms with Gasteiger partial charge in [-0.15, -0.1) is 0 Å². The SMILES string of the molecule is CC(C)(C)[PH](c1ccccc1)(N1CCOCC1)N1CCOCC1. The first-order valence-electron chi connectivity index (χ1n) is 8.78. The van der Waals surface area contributed by atoms with Crippen LogP contribution in [0.3, 0.4) is 0 Å². The number of nitrogens with zero attached hydrogens (tertiary/aromatic N) is 2. The van der Waals surface area contributed by atoms with E-state index in [1.165, 1.54) is 5.30 Å². The van der Waals surface area contributed by atoms with Crippen LogP contribution in [0.5, 0.6) is 0 Å². The van der Waals surface area contributed by atoms with Crippen LogP contribution in [0.15, 0.2) is 30.3 Å². The summed E-state index contributed by atoms with van der Waals surface area (Å²) in [6.07, 6.45) is 0. The maximum atomic E-state index is 5.67. The molecule has 130 valence electrons. The molecule has 0 atom stereocenters. The second-order valence-electron chi connectivity index (χ2n) is 7.49. The van der Waals surface area contributed by atoms with E-state index in [1.54, 1.807) is 0 Å². The first kappa shape index (κ1) is 17.3. The van der Waals surface area contributed by atoms with E-state index < -0.39 is 7.56 Å². The quantitative estimate of drug-likeness (QED) is 0.790. The van der Waals surface area contributed by atoms with Crippen molar-refractivity contribution in [1.29, 1.82) is 0 Å². The normalized spacial score (nSPS) is 22.9. The molecule has 0 amide bonds. The summed E-state index contributed by atoms with van der Waals surface area (Å²) in [5.41, 5.74) is 0. The van der Waals surface area contributed by atoms with Crippen molar-refractivity contribution in [2.45, 2.75) is 25.9 Å². The van der Waals surface area contributed by atoms with Crippen molar-refractivity contribution >= 4 is 12.9 Å². The Morgan fingerprint density at radius 3 is 1.61 bits per heavy atom. The van der Waals surface area contributed by atoms with Crippen molar-refractivity contribution in [3.8, 4) is 0 Å². The van der Waals surface area contributed by atoms with Crippen molar-refractivity contribution in [1.82, 2.24) is 9.34 Å². The van der Waals surface area contributed by atoms with Gasteiger partial charge in [0.15, 0.2) is 0 Å². The number of benzene rings is 1. The molecular weight excluding hydrogens is 307 g/mol. The molecule has 0 aliphatic carbocycles. The molecule has 0 saturated carbocycles. The number of morpholine rings is 2. The second kappa shape index (κ2) is 7.16. The van der Waals surface area contributed by atoms with Gasteiger partial charge in [-0.25, -0.2) is 0 Å². The molecule has 2 saturated heterocycles. The zero-order valence-electron chi connectivity index (χ0n) is 14.8. The van der Waals surface area contributed by atoms with Crippen molar-refractivity contribution in [2.75, 3.05) is 52.6 Å². The molecule has 3 rings (SSSR count). The fourth-order valence-corrected chi connectivity index (χ4v) is 10.6. The average Bonchev–Trinajstić information content (AvgIpc) is 2.57. The van der Waals surface area contributed by atoms with E-state index in [-0.39, 0.29) is 5.16 Å². The van der Waals surface area contributed by atoms with Gasteiger partial charge in [-0.05, 0) is 0 Å². The van der Waals surface area contributed by atoms with Gasteiger partial charge in [-0.3, -0.25) is 0 Å². The van der Waals surface area contributed by atoms with E-state index in [0.29, 0.717) is 0 Å². The molecule has 1 aromatic carbocycles. The van der Waals surface area contributed by atoms with Gasteiger partial charge >= 0.3 is 141 Å². The van der Waals surface area contributed by atoms with Crippen LogP contribution in [-0.2, 0) is 9.47 Å². The molecule has 2 heterocycles. The summed E-state index contributed by atoms with van der Waals surface area (Å²) in [7, 11) is -2.06. The van der Waals surface area contributed by atoms with Gasteiger partial charge in [-0.2, -0.15) is 0 Å². The summed E-state index contributed by atoms with van der Waals surface area (Å²) in [4.78, 5) is 0. The fraction of sp³-hybridized carbons (Fsp3) is 0.667. The van der Waals surface area contributed by atoms with Crippen LogP contribution in [-0.4, -0.2) is 67.1 Å². The van der Waals surface area contributed by atoms with Crippen LogP contribution in [0, 0.1) is 0 Å². The third-order valence-corrected chi connectivity index (χ3v) is 11.1. The second-order valence-corrected chi connectivity index (χ2v) is 12.2. The predicted molar refractivity (Wildman–Crippen MR) is 98.9 cm³/mol. The van der Waals surface area contributed by atoms with E-state index in [2.05, 4.69) is 60.4 Å². The Hall–Kier alpha value is -0.510. The molecule has 2 aliphatic heterocycles. The molecule has 0 unspecified atom stereocenters. The molecular formula is C18H31N2O2P. The Kier molecular flexibility index (Phi) is 5.39. The van der Waals surface area contributed by atoms with Gasteiger partial charge in [0.05, 0.1) is 0 Å². The minimum atomic E-state index is -2.06. The third-order valence-electron chi connectivity index (χ3n) is 5.16. The summed E-state index contributed by atoms with van der Waals surface area (Å²) >= 11 is 0. The Morgan fingerprint density at radius 1 is 0.783 bits per heavy atom. The predicted octanol–water partition coefficient (Wildman–Crippen LogP) is 2.35. The van der Waals surface area contributed by atoms with E-state index in [9.17, 15) is 0 Å². The Balaban J connectivity index is 2.11. The van der Waals surface area contributed by atoms with Crippen LogP contribution >= 0.6 is 7.56 Å². The van der Waals surface area contributed by atoms with Crippen molar-refractivity contribution in [3.63, 3.8) is 0 Å². The first-order valence-corrected chi connectivity index (χ1v) is 10.7. The van der Waals surface area contributed by atoms with Gasteiger partial charge in [0, 0.05) is 0 Å². The molecule has 1 aromatic rings. The molecule has 4 nitrogen and oxygen atoms in total. The summed E-state index contributed by atoms with van der Waals surface area (Å²) in [5.74, 6) is 0. The molecule has 0 bridgehead atoms. The van der Waals surface area contributed by atoms with E-state index in [4.69, 9.17) is 9.47 Å². The summed E-state index contributed by atoms with van der Waals surface area (Å²) in [6.45, 7) is 14.8. The van der Waals surface area contributed by atoms with Crippen molar-refractivity contribution in [2.24, 2.45) is 0 Å². The molecule has 0 aromatic heterocycles. The molecule has 0 radical (unpaired) electrons. The number of rotatable bonds is 3. The van der Waals surface area contributed by atoms with Crippen LogP contribution in [0.1, 0.15) is 20.8 Å². The molecule has 0 N–H and O–H groups in total. The Labute approximate surface area is 141 Å². The standard InChI is InChI=1S/C18H31N2O2P/c1-18(2,3)23(17-7-5-4-6-8-17,19-9-13-21-14-10-19)20-11-15-22-16-12-20/h4-8,23H,9-16H2,1-3H3. The molecule has 5 heteroatoms. The summed E-state index contributed by atoms with van der Waals surface area (Å²) in [6, 6.07) is 11.2. The van der Waals surface area contributed by atoms with E-state index in [1.807, 2.05) is 0 Å².